The van der Waals surface area contributed by atoms with Gasteiger partial charge >= 0.3 is 5.97 Å². The van der Waals surface area contributed by atoms with E-state index in [1.807, 2.05) is 13.8 Å². The predicted molar refractivity (Wildman–Crippen MR) is 75.1 cm³/mol. The first-order valence-corrected chi connectivity index (χ1v) is 6.76. The maximum Gasteiger partial charge on any atom is 0.306 e. The van der Waals surface area contributed by atoms with Crippen LogP contribution in [0.15, 0.2) is 22.7 Å². The minimum absolute atomic E-state index is 0.00800. The highest BCUT2D eigenvalue weighted by Gasteiger charge is 2.21. The van der Waals surface area contributed by atoms with Crippen molar-refractivity contribution in [3.63, 3.8) is 0 Å². The van der Waals surface area contributed by atoms with Gasteiger partial charge in [-0.15, -0.1) is 0 Å². The molecule has 0 aliphatic rings. The quantitative estimate of drug-likeness (QED) is 0.638. The lowest BCUT2D eigenvalue weighted by Crippen LogP contribution is -2.18. The number of carbonyl (C=O) groups is 1. The molecule has 1 unspecified atom stereocenters. The summed E-state index contributed by atoms with van der Waals surface area (Å²) in [6, 6.07) is 4.41. The number of carboxylic acids is 1. The summed E-state index contributed by atoms with van der Waals surface area (Å²) < 4.78 is 0.580. The fourth-order valence-electron chi connectivity index (χ4n) is 1.92. The van der Waals surface area contributed by atoms with Gasteiger partial charge in [-0.2, -0.15) is 0 Å². The van der Waals surface area contributed by atoms with Gasteiger partial charge in [0, 0.05) is 16.6 Å². The largest absolute Gasteiger partial charge is 0.481 e. The lowest BCUT2D eigenvalue weighted by atomic mass is 9.91. The zero-order valence-corrected chi connectivity index (χ0v) is 12.4. The highest BCUT2D eigenvalue weighted by atomic mass is 79.9. The SMILES string of the molecule is CC(C)CC(Cc1ccc([N+](=O)[O-])cc1Br)C(=O)O. The van der Waals surface area contributed by atoms with Crippen molar-refractivity contribution < 1.29 is 14.8 Å². The maximum absolute atomic E-state index is 11.2. The Labute approximate surface area is 119 Å². The molecule has 5 nitrogen and oxygen atoms in total. The lowest BCUT2D eigenvalue weighted by Gasteiger charge is -2.15. The molecule has 104 valence electrons. The second kappa shape index (κ2) is 6.65. The summed E-state index contributed by atoms with van der Waals surface area (Å²) in [4.78, 5) is 21.4. The summed E-state index contributed by atoms with van der Waals surface area (Å²) in [5.41, 5.74) is 0.769. The summed E-state index contributed by atoms with van der Waals surface area (Å²) in [5, 5.41) is 19.8. The Kier molecular flexibility index (Phi) is 5.47. The van der Waals surface area contributed by atoms with Gasteiger partial charge < -0.3 is 5.11 Å². The molecule has 0 saturated carbocycles. The van der Waals surface area contributed by atoms with E-state index in [2.05, 4.69) is 15.9 Å². The molecule has 0 fully saturated rings. The van der Waals surface area contributed by atoms with E-state index in [0.717, 1.165) is 5.56 Å². The van der Waals surface area contributed by atoms with E-state index in [1.165, 1.54) is 12.1 Å². The molecule has 0 spiro atoms. The highest BCUT2D eigenvalue weighted by Crippen LogP contribution is 2.27. The van der Waals surface area contributed by atoms with Crippen LogP contribution < -0.4 is 0 Å². The van der Waals surface area contributed by atoms with Crippen molar-refractivity contribution in [1.29, 1.82) is 0 Å². The number of aliphatic carboxylic acids is 1. The van der Waals surface area contributed by atoms with Crippen LogP contribution in [0.5, 0.6) is 0 Å². The summed E-state index contributed by atoms with van der Waals surface area (Å²) in [5.74, 6) is -1.02. The molecule has 1 atom stereocenters. The minimum atomic E-state index is -0.834. The van der Waals surface area contributed by atoms with E-state index in [0.29, 0.717) is 17.3 Å². The van der Waals surface area contributed by atoms with Crippen molar-refractivity contribution in [2.75, 3.05) is 0 Å². The predicted octanol–water partition coefficient (Wildman–Crippen LogP) is 3.65. The molecular formula is C13H16BrNO4. The van der Waals surface area contributed by atoms with Crippen molar-refractivity contribution >= 4 is 27.6 Å². The fraction of sp³-hybridized carbons (Fsp3) is 0.462. The Morgan fingerprint density at radius 2 is 2.11 bits per heavy atom. The van der Waals surface area contributed by atoms with Crippen molar-refractivity contribution in [2.45, 2.75) is 26.7 Å². The number of nitro benzene ring substituents is 1. The highest BCUT2D eigenvalue weighted by molar-refractivity contribution is 9.10. The molecule has 1 N–H and O–H groups in total. The van der Waals surface area contributed by atoms with Gasteiger partial charge in [-0.25, -0.2) is 0 Å². The summed E-state index contributed by atoms with van der Waals surface area (Å²) in [7, 11) is 0. The maximum atomic E-state index is 11.2. The molecule has 0 radical (unpaired) electrons. The number of carboxylic acid groups (broad SMARTS) is 1. The zero-order valence-electron chi connectivity index (χ0n) is 10.8. The molecular weight excluding hydrogens is 314 g/mol. The van der Waals surface area contributed by atoms with Gasteiger partial charge in [0.05, 0.1) is 10.8 Å². The van der Waals surface area contributed by atoms with Crippen LogP contribution in [0.25, 0.3) is 0 Å². The number of hydrogen-bond donors (Lipinski definition) is 1. The van der Waals surface area contributed by atoms with E-state index in [4.69, 9.17) is 0 Å². The smallest absolute Gasteiger partial charge is 0.306 e. The summed E-state index contributed by atoms with van der Waals surface area (Å²) >= 11 is 3.26. The Hall–Kier alpha value is -1.43. The average Bonchev–Trinajstić information content (AvgIpc) is 2.29. The first-order valence-electron chi connectivity index (χ1n) is 5.97. The molecule has 0 aliphatic carbocycles. The molecule has 19 heavy (non-hydrogen) atoms. The van der Waals surface area contributed by atoms with Crippen molar-refractivity contribution in [3.8, 4) is 0 Å². The van der Waals surface area contributed by atoms with Gasteiger partial charge in [-0.1, -0.05) is 35.8 Å². The van der Waals surface area contributed by atoms with Gasteiger partial charge in [-0.3, -0.25) is 14.9 Å². The topological polar surface area (TPSA) is 80.4 Å². The molecule has 0 bridgehead atoms. The molecule has 1 rings (SSSR count). The first kappa shape index (κ1) is 15.6. The van der Waals surface area contributed by atoms with Crippen LogP contribution in [0.4, 0.5) is 5.69 Å². The van der Waals surface area contributed by atoms with Crippen molar-refractivity contribution in [3.05, 3.63) is 38.3 Å². The standard InChI is InChI=1S/C13H16BrNO4/c1-8(2)5-10(13(16)17)6-9-3-4-11(15(18)19)7-12(9)14/h3-4,7-8,10H,5-6H2,1-2H3,(H,16,17). The second-order valence-electron chi connectivity index (χ2n) is 4.90. The number of nitro groups is 1. The van der Waals surface area contributed by atoms with Crippen LogP contribution in [-0.4, -0.2) is 16.0 Å². The molecule has 1 aromatic carbocycles. The Morgan fingerprint density at radius 3 is 2.53 bits per heavy atom. The average molecular weight is 330 g/mol. The van der Waals surface area contributed by atoms with Crippen LogP contribution in [-0.2, 0) is 11.2 Å². The number of non-ortho nitro benzene ring substituents is 1. The zero-order chi connectivity index (χ0) is 14.6. The van der Waals surface area contributed by atoms with Crippen molar-refractivity contribution in [1.82, 2.24) is 0 Å². The van der Waals surface area contributed by atoms with Gasteiger partial charge in [-0.05, 0) is 24.3 Å². The van der Waals surface area contributed by atoms with E-state index >= 15 is 0 Å². The number of halogens is 1. The van der Waals surface area contributed by atoms with Crippen molar-refractivity contribution in [2.24, 2.45) is 11.8 Å². The number of nitrogens with zero attached hydrogens (tertiary/aromatic N) is 1. The third kappa shape index (κ3) is 4.63. The lowest BCUT2D eigenvalue weighted by molar-refractivity contribution is -0.384. The Balaban J connectivity index is 2.91. The van der Waals surface area contributed by atoms with Gasteiger partial charge in [0.25, 0.3) is 5.69 Å². The summed E-state index contributed by atoms with van der Waals surface area (Å²) in [6.45, 7) is 3.95. The normalized spacial score (nSPS) is 12.4. The van der Waals surface area contributed by atoms with Gasteiger partial charge in [0.1, 0.15) is 0 Å². The molecule has 0 aliphatic heterocycles. The van der Waals surface area contributed by atoms with E-state index in [1.54, 1.807) is 6.07 Å². The van der Waals surface area contributed by atoms with E-state index in [-0.39, 0.29) is 11.6 Å². The molecule has 0 aromatic heterocycles. The third-order valence-corrected chi connectivity index (χ3v) is 3.56. The van der Waals surface area contributed by atoms with Gasteiger partial charge in [0.2, 0.25) is 0 Å². The minimum Gasteiger partial charge on any atom is -0.481 e. The molecule has 6 heteroatoms. The van der Waals surface area contributed by atoms with E-state index in [9.17, 15) is 20.0 Å². The third-order valence-electron chi connectivity index (χ3n) is 2.82. The number of hydrogen-bond acceptors (Lipinski definition) is 3. The summed E-state index contributed by atoms with van der Waals surface area (Å²) in [6.07, 6.45) is 0.949. The fourth-order valence-corrected chi connectivity index (χ4v) is 2.45. The molecule has 0 saturated heterocycles. The van der Waals surface area contributed by atoms with Crippen LogP contribution in [0.2, 0.25) is 0 Å². The number of benzene rings is 1. The monoisotopic (exact) mass is 329 g/mol. The van der Waals surface area contributed by atoms with Crippen LogP contribution in [0, 0.1) is 22.0 Å². The molecule has 1 aromatic rings. The van der Waals surface area contributed by atoms with E-state index < -0.39 is 16.8 Å². The molecule has 0 heterocycles. The first-order chi connectivity index (χ1) is 8.81. The van der Waals surface area contributed by atoms with Crippen LogP contribution in [0.1, 0.15) is 25.8 Å². The van der Waals surface area contributed by atoms with Crippen LogP contribution in [0.3, 0.4) is 0 Å². The molecule has 0 amide bonds. The Morgan fingerprint density at radius 1 is 1.47 bits per heavy atom. The second-order valence-corrected chi connectivity index (χ2v) is 5.76. The number of rotatable bonds is 6. The van der Waals surface area contributed by atoms with Gasteiger partial charge in [0.15, 0.2) is 0 Å². The Bertz CT molecular complexity index is 488. The van der Waals surface area contributed by atoms with Crippen LogP contribution >= 0.6 is 15.9 Å².